The number of nitrogens with one attached hydrogen (secondary N) is 1. The summed E-state index contributed by atoms with van der Waals surface area (Å²) in [5.41, 5.74) is 1.65. The van der Waals surface area contributed by atoms with Crippen molar-refractivity contribution < 1.29 is 4.79 Å². The van der Waals surface area contributed by atoms with E-state index in [1.54, 1.807) is 12.1 Å². The first-order valence-electron chi connectivity index (χ1n) is 5.79. The first-order valence-corrected chi connectivity index (χ1v) is 6.23. The van der Waals surface area contributed by atoms with E-state index < -0.39 is 0 Å². The Labute approximate surface area is 112 Å². The van der Waals surface area contributed by atoms with E-state index in [0.29, 0.717) is 12.1 Å². The minimum atomic E-state index is -0.209. The fraction of sp³-hybridized carbons (Fsp3) is 0.133. The summed E-state index contributed by atoms with van der Waals surface area (Å²) < 4.78 is 0. The van der Waals surface area contributed by atoms with Crippen molar-refractivity contribution >= 4 is 17.5 Å². The highest BCUT2D eigenvalue weighted by Crippen LogP contribution is 2.18. The molecule has 0 bridgehead atoms. The normalized spacial score (nSPS) is 11.8. The van der Waals surface area contributed by atoms with Gasteiger partial charge in [-0.1, -0.05) is 48.5 Å². The number of hydrogen-bond donors (Lipinski definition) is 1. The molecule has 2 rings (SSSR count). The average Bonchev–Trinajstić information content (AvgIpc) is 2.46. The predicted octanol–water partition coefficient (Wildman–Crippen LogP) is 3.40. The molecule has 3 heteroatoms. The molecule has 0 saturated carbocycles. The maximum Gasteiger partial charge on any atom is 0.251 e. The third-order valence-electron chi connectivity index (χ3n) is 2.64. The number of rotatable bonds is 4. The van der Waals surface area contributed by atoms with Crippen LogP contribution in [-0.2, 0) is 0 Å². The van der Waals surface area contributed by atoms with Crippen molar-refractivity contribution in [1.29, 1.82) is 0 Å². The third-order valence-corrected chi connectivity index (χ3v) is 3.05. The standard InChI is InChI=1S/C15H14ClNO/c16-14(12-7-3-1-4-8-12)11-17-15(18)13-9-5-2-6-10-13/h1-10,14H,11H2,(H,17,18). The molecule has 0 fully saturated rings. The summed E-state index contributed by atoms with van der Waals surface area (Å²) in [7, 11) is 0. The molecule has 18 heavy (non-hydrogen) atoms. The molecule has 0 aliphatic rings. The highest BCUT2D eigenvalue weighted by Gasteiger charge is 2.10. The number of carbonyl (C=O) groups is 1. The largest absolute Gasteiger partial charge is 0.350 e. The lowest BCUT2D eigenvalue weighted by Crippen LogP contribution is -2.26. The molecule has 1 amide bonds. The molecule has 92 valence electrons. The lowest BCUT2D eigenvalue weighted by atomic mass is 10.1. The molecular weight excluding hydrogens is 246 g/mol. The molecule has 1 atom stereocenters. The molecular formula is C15H14ClNO. The minimum absolute atomic E-state index is 0.0998. The summed E-state index contributed by atoms with van der Waals surface area (Å²) in [5, 5.41) is 2.62. The monoisotopic (exact) mass is 259 g/mol. The van der Waals surface area contributed by atoms with Crippen LogP contribution in [0.25, 0.3) is 0 Å². The van der Waals surface area contributed by atoms with Crippen LogP contribution in [0, 0.1) is 0 Å². The molecule has 2 aromatic rings. The van der Waals surface area contributed by atoms with Crippen LogP contribution in [0.15, 0.2) is 60.7 Å². The molecule has 0 spiro atoms. The third kappa shape index (κ3) is 3.34. The summed E-state index contributed by atoms with van der Waals surface area (Å²) in [5.74, 6) is -0.0998. The van der Waals surface area contributed by atoms with Gasteiger partial charge in [0.2, 0.25) is 0 Å². The van der Waals surface area contributed by atoms with Gasteiger partial charge in [0.15, 0.2) is 0 Å². The molecule has 1 N–H and O–H groups in total. The SMILES string of the molecule is O=C(NCC(Cl)c1ccccc1)c1ccccc1. The number of amides is 1. The first-order chi connectivity index (χ1) is 8.77. The van der Waals surface area contributed by atoms with E-state index in [0.717, 1.165) is 5.56 Å². The summed E-state index contributed by atoms with van der Waals surface area (Å²) in [6.45, 7) is 0.416. The van der Waals surface area contributed by atoms with Gasteiger partial charge in [-0.15, -0.1) is 11.6 Å². The zero-order valence-electron chi connectivity index (χ0n) is 9.84. The highest BCUT2D eigenvalue weighted by molar-refractivity contribution is 6.21. The van der Waals surface area contributed by atoms with Crippen molar-refractivity contribution in [3.05, 3.63) is 71.8 Å². The molecule has 2 aromatic carbocycles. The Morgan fingerprint density at radius 1 is 1.00 bits per heavy atom. The highest BCUT2D eigenvalue weighted by atomic mass is 35.5. The number of halogens is 1. The molecule has 0 saturated heterocycles. The molecule has 0 aliphatic carbocycles. The molecule has 0 aliphatic heterocycles. The van der Waals surface area contributed by atoms with Crippen LogP contribution in [0.2, 0.25) is 0 Å². The van der Waals surface area contributed by atoms with Gasteiger partial charge in [0.25, 0.3) is 5.91 Å². The number of benzene rings is 2. The van der Waals surface area contributed by atoms with Gasteiger partial charge >= 0.3 is 0 Å². The van der Waals surface area contributed by atoms with Gasteiger partial charge in [-0.05, 0) is 17.7 Å². The fourth-order valence-corrected chi connectivity index (χ4v) is 1.88. The van der Waals surface area contributed by atoms with Crippen LogP contribution in [0.3, 0.4) is 0 Å². The minimum Gasteiger partial charge on any atom is -0.350 e. The lowest BCUT2D eigenvalue weighted by molar-refractivity contribution is 0.0953. The van der Waals surface area contributed by atoms with Crippen molar-refractivity contribution in [2.75, 3.05) is 6.54 Å². The van der Waals surface area contributed by atoms with Gasteiger partial charge in [-0.25, -0.2) is 0 Å². The second-order valence-corrected chi connectivity index (χ2v) is 4.48. The topological polar surface area (TPSA) is 29.1 Å². The lowest BCUT2D eigenvalue weighted by Gasteiger charge is -2.11. The summed E-state index contributed by atoms with van der Waals surface area (Å²) in [6.07, 6.45) is 0. The second kappa shape index (κ2) is 6.22. The van der Waals surface area contributed by atoms with E-state index in [2.05, 4.69) is 5.32 Å². The van der Waals surface area contributed by atoms with Gasteiger partial charge in [0.1, 0.15) is 0 Å². The van der Waals surface area contributed by atoms with Crippen LogP contribution in [0.1, 0.15) is 21.3 Å². The number of carbonyl (C=O) groups excluding carboxylic acids is 1. The van der Waals surface area contributed by atoms with Gasteiger partial charge in [-0.2, -0.15) is 0 Å². The smallest absolute Gasteiger partial charge is 0.251 e. The average molecular weight is 260 g/mol. The second-order valence-electron chi connectivity index (χ2n) is 3.95. The van der Waals surface area contributed by atoms with Crippen molar-refractivity contribution in [1.82, 2.24) is 5.32 Å². The van der Waals surface area contributed by atoms with Gasteiger partial charge in [0.05, 0.1) is 5.38 Å². The number of alkyl halides is 1. The maximum atomic E-state index is 11.8. The Hall–Kier alpha value is -1.80. The molecule has 0 aromatic heterocycles. The zero-order valence-corrected chi connectivity index (χ0v) is 10.6. The van der Waals surface area contributed by atoms with Crippen LogP contribution >= 0.6 is 11.6 Å². The molecule has 0 heterocycles. The summed E-state index contributed by atoms with van der Waals surface area (Å²) >= 11 is 6.22. The van der Waals surface area contributed by atoms with Crippen molar-refractivity contribution in [2.45, 2.75) is 5.38 Å². The van der Waals surface area contributed by atoms with E-state index in [4.69, 9.17) is 11.6 Å². The van der Waals surface area contributed by atoms with Gasteiger partial charge in [-0.3, -0.25) is 4.79 Å². The Bertz CT molecular complexity index is 498. The first kappa shape index (κ1) is 12.7. The van der Waals surface area contributed by atoms with E-state index in [1.807, 2.05) is 48.5 Å². The zero-order chi connectivity index (χ0) is 12.8. The van der Waals surface area contributed by atoms with Crippen LogP contribution < -0.4 is 5.32 Å². The Balaban J connectivity index is 1.91. The number of hydrogen-bond acceptors (Lipinski definition) is 1. The van der Waals surface area contributed by atoms with E-state index in [-0.39, 0.29) is 11.3 Å². The fourth-order valence-electron chi connectivity index (χ4n) is 1.65. The molecule has 0 radical (unpaired) electrons. The van der Waals surface area contributed by atoms with Crippen molar-refractivity contribution in [3.8, 4) is 0 Å². The van der Waals surface area contributed by atoms with Crippen molar-refractivity contribution in [2.24, 2.45) is 0 Å². The summed E-state index contributed by atoms with van der Waals surface area (Å²) in [6, 6.07) is 18.8. The molecule has 1 unspecified atom stereocenters. The Morgan fingerprint density at radius 3 is 2.17 bits per heavy atom. The predicted molar refractivity (Wildman–Crippen MR) is 73.8 cm³/mol. The molecule has 2 nitrogen and oxygen atoms in total. The Kier molecular flexibility index (Phi) is 4.37. The van der Waals surface area contributed by atoms with Crippen molar-refractivity contribution in [3.63, 3.8) is 0 Å². The van der Waals surface area contributed by atoms with Crippen LogP contribution in [0.5, 0.6) is 0 Å². The van der Waals surface area contributed by atoms with E-state index >= 15 is 0 Å². The van der Waals surface area contributed by atoms with Crippen LogP contribution in [0.4, 0.5) is 0 Å². The van der Waals surface area contributed by atoms with E-state index in [9.17, 15) is 4.79 Å². The maximum absolute atomic E-state index is 11.8. The van der Waals surface area contributed by atoms with Gasteiger partial charge < -0.3 is 5.32 Å². The van der Waals surface area contributed by atoms with E-state index in [1.165, 1.54) is 0 Å². The van der Waals surface area contributed by atoms with Crippen LogP contribution in [-0.4, -0.2) is 12.5 Å². The quantitative estimate of drug-likeness (QED) is 0.838. The van der Waals surface area contributed by atoms with Gasteiger partial charge in [0, 0.05) is 12.1 Å². The Morgan fingerprint density at radius 2 is 1.56 bits per heavy atom. The summed E-state index contributed by atoms with van der Waals surface area (Å²) in [4.78, 5) is 11.8.